The average Bonchev–Trinajstić information content (AvgIpc) is 2.85. The van der Waals surface area contributed by atoms with Gasteiger partial charge in [0, 0.05) is 16.8 Å². The highest BCUT2D eigenvalue weighted by molar-refractivity contribution is 7.09. The van der Waals surface area contributed by atoms with E-state index < -0.39 is 5.97 Å². The molecule has 0 aliphatic heterocycles. The molecule has 5 nitrogen and oxygen atoms in total. The number of carbonyl (C=O) groups is 1. The van der Waals surface area contributed by atoms with Crippen molar-refractivity contribution >= 4 is 23.1 Å². The van der Waals surface area contributed by atoms with Crippen molar-refractivity contribution in [3.05, 3.63) is 39.5 Å². The summed E-state index contributed by atoms with van der Waals surface area (Å²) in [6, 6.07) is 3.15. The first-order valence-corrected chi connectivity index (χ1v) is 7.30. The van der Waals surface area contributed by atoms with E-state index in [1.807, 2.05) is 26.2 Å². The topological polar surface area (TPSA) is 75.1 Å². The molecule has 0 saturated carbocycles. The SMILES string of the molecule is CCc1cc(C(=O)O)cc(NC(C)c2nc(C)cs2)n1. The fourth-order valence-electron chi connectivity index (χ4n) is 1.82. The molecule has 20 heavy (non-hydrogen) atoms. The largest absolute Gasteiger partial charge is 0.478 e. The number of carboxylic acid groups (broad SMARTS) is 1. The molecule has 0 aliphatic carbocycles. The third kappa shape index (κ3) is 3.33. The lowest BCUT2D eigenvalue weighted by molar-refractivity contribution is 0.0696. The first kappa shape index (κ1) is 14.5. The smallest absolute Gasteiger partial charge is 0.335 e. The Morgan fingerprint density at radius 2 is 2.20 bits per heavy atom. The summed E-state index contributed by atoms with van der Waals surface area (Å²) < 4.78 is 0. The van der Waals surface area contributed by atoms with Gasteiger partial charge in [-0.05, 0) is 32.4 Å². The number of hydrogen-bond donors (Lipinski definition) is 2. The second kappa shape index (κ2) is 6.00. The molecule has 106 valence electrons. The number of nitrogens with zero attached hydrogens (tertiary/aromatic N) is 2. The average molecular weight is 291 g/mol. The summed E-state index contributed by atoms with van der Waals surface area (Å²) in [6.45, 7) is 5.88. The molecule has 1 atom stereocenters. The third-order valence-corrected chi connectivity index (χ3v) is 4.00. The van der Waals surface area contributed by atoms with Crippen molar-refractivity contribution in [1.29, 1.82) is 0 Å². The van der Waals surface area contributed by atoms with Crippen LogP contribution in [-0.4, -0.2) is 21.0 Å². The summed E-state index contributed by atoms with van der Waals surface area (Å²) >= 11 is 1.58. The summed E-state index contributed by atoms with van der Waals surface area (Å²) in [6.07, 6.45) is 0.695. The zero-order chi connectivity index (χ0) is 14.7. The van der Waals surface area contributed by atoms with Crippen molar-refractivity contribution < 1.29 is 9.90 Å². The first-order valence-electron chi connectivity index (χ1n) is 6.42. The number of aromatic nitrogens is 2. The highest BCUT2D eigenvalue weighted by Gasteiger charge is 2.13. The predicted molar refractivity (Wildman–Crippen MR) is 79.5 cm³/mol. The highest BCUT2D eigenvalue weighted by atomic mass is 32.1. The van der Waals surface area contributed by atoms with E-state index in [1.165, 1.54) is 0 Å². The minimum atomic E-state index is -0.942. The van der Waals surface area contributed by atoms with Gasteiger partial charge in [0.15, 0.2) is 0 Å². The summed E-state index contributed by atoms with van der Waals surface area (Å²) in [5.41, 5.74) is 2.00. The molecule has 0 spiro atoms. The molecule has 2 N–H and O–H groups in total. The molecule has 2 rings (SSSR count). The minimum Gasteiger partial charge on any atom is -0.478 e. The van der Waals surface area contributed by atoms with E-state index in [0.29, 0.717) is 12.2 Å². The summed E-state index contributed by atoms with van der Waals surface area (Å²) in [4.78, 5) is 19.9. The van der Waals surface area contributed by atoms with E-state index in [9.17, 15) is 4.79 Å². The number of pyridine rings is 1. The molecular formula is C14H17N3O2S. The molecule has 0 radical (unpaired) electrons. The van der Waals surface area contributed by atoms with Crippen LogP contribution in [0.4, 0.5) is 5.82 Å². The van der Waals surface area contributed by atoms with Gasteiger partial charge in [-0.2, -0.15) is 0 Å². The van der Waals surface area contributed by atoms with Gasteiger partial charge in [0.2, 0.25) is 0 Å². The van der Waals surface area contributed by atoms with Crippen LogP contribution in [0.1, 0.15) is 46.6 Å². The van der Waals surface area contributed by atoms with Gasteiger partial charge < -0.3 is 10.4 Å². The fraction of sp³-hybridized carbons (Fsp3) is 0.357. The Labute approximate surface area is 121 Å². The normalized spacial score (nSPS) is 12.2. The molecule has 2 heterocycles. The molecule has 0 fully saturated rings. The quantitative estimate of drug-likeness (QED) is 0.884. The Balaban J connectivity index is 2.24. The van der Waals surface area contributed by atoms with Crippen LogP contribution >= 0.6 is 11.3 Å². The zero-order valence-corrected chi connectivity index (χ0v) is 12.5. The van der Waals surface area contributed by atoms with Gasteiger partial charge in [-0.25, -0.2) is 14.8 Å². The van der Waals surface area contributed by atoms with Crippen LogP contribution in [0.3, 0.4) is 0 Å². The van der Waals surface area contributed by atoms with E-state index in [-0.39, 0.29) is 11.6 Å². The van der Waals surface area contributed by atoms with Gasteiger partial charge in [-0.3, -0.25) is 0 Å². The molecule has 1 unspecified atom stereocenters. The van der Waals surface area contributed by atoms with Crippen molar-refractivity contribution in [2.24, 2.45) is 0 Å². The number of nitrogens with one attached hydrogen (secondary N) is 1. The van der Waals surface area contributed by atoms with Crippen molar-refractivity contribution in [3.8, 4) is 0 Å². The fourth-order valence-corrected chi connectivity index (χ4v) is 2.62. The standard InChI is InChI=1S/C14H17N3O2S/c1-4-11-5-10(14(18)19)6-12(17-11)16-9(3)13-15-8(2)7-20-13/h5-7,9H,4H2,1-3H3,(H,16,17)(H,18,19). The van der Waals surface area contributed by atoms with Gasteiger partial charge in [0.1, 0.15) is 10.8 Å². The Kier molecular flexibility index (Phi) is 4.34. The number of thiazole rings is 1. The maximum absolute atomic E-state index is 11.1. The van der Waals surface area contributed by atoms with Gasteiger partial charge in [0.05, 0.1) is 11.6 Å². The summed E-state index contributed by atoms with van der Waals surface area (Å²) in [7, 11) is 0. The summed E-state index contributed by atoms with van der Waals surface area (Å²) in [5.74, 6) is -0.370. The molecule has 2 aromatic heterocycles. The van der Waals surface area contributed by atoms with Crippen LogP contribution in [0.25, 0.3) is 0 Å². The second-order valence-corrected chi connectivity index (χ2v) is 5.47. The number of carboxylic acids is 1. The zero-order valence-electron chi connectivity index (χ0n) is 11.7. The molecule has 0 bridgehead atoms. The van der Waals surface area contributed by atoms with Crippen molar-refractivity contribution in [2.75, 3.05) is 5.32 Å². The Morgan fingerprint density at radius 1 is 1.45 bits per heavy atom. The van der Waals surface area contributed by atoms with Crippen LogP contribution in [-0.2, 0) is 6.42 Å². The monoisotopic (exact) mass is 291 g/mol. The number of aromatic carboxylic acids is 1. The van der Waals surface area contributed by atoms with Gasteiger partial charge >= 0.3 is 5.97 Å². The number of hydrogen-bond acceptors (Lipinski definition) is 5. The van der Waals surface area contributed by atoms with Crippen LogP contribution in [0.5, 0.6) is 0 Å². The van der Waals surface area contributed by atoms with E-state index in [0.717, 1.165) is 16.4 Å². The second-order valence-electron chi connectivity index (χ2n) is 4.58. The first-order chi connectivity index (χ1) is 9.49. The van der Waals surface area contributed by atoms with Crippen molar-refractivity contribution in [1.82, 2.24) is 9.97 Å². The number of anilines is 1. The van der Waals surface area contributed by atoms with Crippen molar-refractivity contribution in [3.63, 3.8) is 0 Å². The Bertz CT molecular complexity index is 625. The maximum Gasteiger partial charge on any atom is 0.335 e. The molecule has 0 aliphatic rings. The van der Waals surface area contributed by atoms with E-state index in [4.69, 9.17) is 5.11 Å². The molecule has 2 aromatic rings. The molecule has 0 saturated heterocycles. The molecule has 6 heteroatoms. The summed E-state index contributed by atoms with van der Waals surface area (Å²) in [5, 5.41) is 15.3. The van der Waals surface area contributed by atoms with Gasteiger partial charge in [0.25, 0.3) is 0 Å². The van der Waals surface area contributed by atoms with Crippen LogP contribution in [0, 0.1) is 6.92 Å². The lowest BCUT2D eigenvalue weighted by Crippen LogP contribution is -2.10. The molecule has 0 aromatic carbocycles. The Morgan fingerprint density at radius 3 is 2.75 bits per heavy atom. The lowest BCUT2D eigenvalue weighted by Gasteiger charge is -2.13. The number of rotatable bonds is 5. The molecular weight excluding hydrogens is 274 g/mol. The Hall–Kier alpha value is -1.95. The van der Waals surface area contributed by atoms with Gasteiger partial charge in [-0.1, -0.05) is 6.92 Å². The minimum absolute atomic E-state index is 0.00467. The lowest BCUT2D eigenvalue weighted by atomic mass is 10.2. The highest BCUT2D eigenvalue weighted by Crippen LogP contribution is 2.22. The molecule has 0 amide bonds. The van der Waals surface area contributed by atoms with E-state index in [2.05, 4.69) is 15.3 Å². The van der Waals surface area contributed by atoms with E-state index in [1.54, 1.807) is 23.5 Å². The maximum atomic E-state index is 11.1. The number of aryl methyl sites for hydroxylation is 2. The van der Waals surface area contributed by atoms with Crippen LogP contribution in [0.15, 0.2) is 17.5 Å². The van der Waals surface area contributed by atoms with E-state index >= 15 is 0 Å². The van der Waals surface area contributed by atoms with Crippen molar-refractivity contribution in [2.45, 2.75) is 33.2 Å². The van der Waals surface area contributed by atoms with Crippen LogP contribution in [0.2, 0.25) is 0 Å². The van der Waals surface area contributed by atoms with Crippen LogP contribution < -0.4 is 5.32 Å². The van der Waals surface area contributed by atoms with Gasteiger partial charge in [-0.15, -0.1) is 11.3 Å². The third-order valence-electron chi connectivity index (χ3n) is 2.86. The predicted octanol–water partition coefficient (Wildman–Crippen LogP) is 3.28.